The highest BCUT2D eigenvalue weighted by atomic mass is 19.1. The fraction of sp³-hybridized carbons (Fsp3) is 0.231. The molecular formula is C13H12FNO3. The van der Waals surface area contributed by atoms with Crippen LogP contribution in [-0.4, -0.2) is 16.1 Å². The zero-order chi connectivity index (χ0) is 13.3. The number of hydrogen-bond acceptors (Lipinski definition) is 2. The molecule has 1 heterocycles. The van der Waals surface area contributed by atoms with Gasteiger partial charge in [0.1, 0.15) is 5.82 Å². The molecule has 0 atom stereocenters. The van der Waals surface area contributed by atoms with E-state index in [2.05, 4.69) is 4.98 Å². The number of benzene rings is 1. The summed E-state index contributed by atoms with van der Waals surface area (Å²) in [5.74, 6) is -1.35. The summed E-state index contributed by atoms with van der Waals surface area (Å²) in [5, 5.41) is 9.25. The second kappa shape index (κ2) is 4.60. The first-order chi connectivity index (χ1) is 8.49. The molecule has 0 aliphatic carbocycles. The maximum Gasteiger partial charge on any atom is 0.303 e. The van der Waals surface area contributed by atoms with Gasteiger partial charge in [0.25, 0.3) is 5.56 Å². The molecule has 1 aromatic heterocycles. The molecule has 0 amide bonds. The third-order valence-electron chi connectivity index (χ3n) is 2.95. The van der Waals surface area contributed by atoms with Crippen LogP contribution in [0, 0.1) is 12.7 Å². The molecule has 5 heteroatoms. The molecule has 0 aliphatic heterocycles. The molecule has 0 unspecified atom stereocenters. The fourth-order valence-electron chi connectivity index (χ4n) is 2.00. The lowest BCUT2D eigenvalue weighted by atomic mass is 10.0. The molecule has 2 aromatic rings. The number of aryl methyl sites for hydroxylation is 1. The van der Waals surface area contributed by atoms with Crippen molar-refractivity contribution in [3.63, 3.8) is 0 Å². The van der Waals surface area contributed by atoms with E-state index in [-0.39, 0.29) is 24.2 Å². The van der Waals surface area contributed by atoms with Crippen molar-refractivity contribution in [3.8, 4) is 0 Å². The van der Waals surface area contributed by atoms with E-state index in [0.717, 1.165) is 0 Å². The Labute approximate surface area is 102 Å². The Morgan fingerprint density at radius 1 is 1.44 bits per heavy atom. The van der Waals surface area contributed by atoms with Crippen molar-refractivity contribution >= 4 is 16.9 Å². The monoisotopic (exact) mass is 249 g/mol. The topological polar surface area (TPSA) is 70.2 Å². The molecule has 0 fully saturated rings. The molecule has 0 saturated heterocycles. The number of rotatable bonds is 3. The summed E-state index contributed by atoms with van der Waals surface area (Å²) < 4.78 is 13.2. The normalized spacial score (nSPS) is 10.8. The first-order valence-electron chi connectivity index (χ1n) is 5.52. The number of aromatic amines is 1. The second-order valence-electron chi connectivity index (χ2n) is 4.14. The van der Waals surface area contributed by atoms with E-state index in [1.54, 1.807) is 6.92 Å². The quantitative estimate of drug-likeness (QED) is 0.873. The van der Waals surface area contributed by atoms with E-state index in [9.17, 15) is 14.0 Å². The summed E-state index contributed by atoms with van der Waals surface area (Å²) in [6.07, 6.45) is 0.0215. The van der Waals surface area contributed by atoms with Crippen LogP contribution >= 0.6 is 0 Å². The summed E-state index contributed by atoms with van der Waals surface area (Å²) in [6.45, 7) is 1.70. The lowest BCUT2D eigenvalue weighted by Crippen LogP contribution is -2.16. The molecule has 1 aromatic carbocycles. The lowest BCUT2D eigenvalue weighted by molar-refractivity contribution is -0.136. The van der Waals surface area contributed by atoms with Crippen LogP contribution in [-0.2, 0) is 11.2 Å². The van der Waals surface area contributed by atoms with Gasteiger partial charge < -0.3 is 10.1 Å². The first-order valence-corrected chi connectivity index (χ1v) is 5.52. The van der Waals surface area contributed by atoms with Crippen molar-refractivity contribution in [2.24, 2.45) is 0 Å². The van der Waals surface area contributed by atoms with Crippen molar-refractivity contribution in [1.29, 1.82) is 0 Å². The predicted molar refractivity (Wildman–Crippen MR) is 65.2 cm³/mol. The number of pyridine rings is 1. The van der Waals surface area contributed by atoms with Crippen molar-refractivity contribution in [3.05, 3.63) is 45.5 Å². The molecule has 0 aliphatic rings. The van der Waals surface area contributed by atoms with Crippen molar-refractivity contribution in [1.82, 2.24) is 4.98 Å². The Bertz CT molecular complexity index is 676. The third-order valence-corrected chi connectivity index (χ3v) is 2.95. The van der Waals surface area contributed by atoms with Crippen LogP contribution < -0.4 is 5.56 Å². The molecular weight excluding hydrogens is 237 g/mol. The summed E-state index contributed by atoms with van der Waals surface area (Å²) in [7, 11) is 0. The Morgan fingerprint density at radius 3 is 2.83 bits per heavy atom. The number of halogens is 1. The highest BCUT2D eigenvalue weighted by molar-refractivity contribution is 5.83. The zero-order valence-corrected chi connectivity index (χ0v) is 9.79. The van der Waals surface area contributed by atoms with Gasteiger partial charge in [0, 0.05) is 22.9 Å². The van der Waals surface area contributed by atoms with E-state index < -0.39 is 5.97 Å². The fourth-order valence-corrected chi connectivity index (χ4v) is 2.00. The van der Waals surface area contributed by atoms with E-state index in [0.29, 0.717) is 22.0 Å². The van der Waals surface area contributed by atoms with Gasteiger partial charge in [-0.25, -0.2) is 4.39 Å². The van der Waals surface area contributed by atoms with Crippen LogP contribution in [0.2, 0.25) is 0 Å². The van der Waals surface area contributed by atoms with E-state index in [4.69, 9.17) is 5.11 Å². The number of aromatic nitrogens is 1. The maximum atomic E-state index is 13.2. The molecule has 2 N–H and O–H groups in total. The van der Waals surface area contributed by atoms with Crippen LogP contribution in [0.25, 0.3) is 10.9 Å². The summed E-state index contributed by atoms with van der Waals surface area (Å²) >= 11 is 0. The summed E-state index contributed by atoms with van der Waals surface area (Å²) in [5.41, 5.74) is 1.27. The molecule has 4 nitrogen and oxygen atoms in total. The number of hydrogen-bond donors (Lipinski definition) is 2. The molecule has 0 spiro atoms. The van der Waals surface area contributed by atoms with Gasteiger partial charge in [-0.05, 0) is 37.1 Å². The number of carbonyl (C=O) groups is 1. The van der Waals surface area contributed by atoms with Crippen LogP contribution in [0.1, 0.15) is 17.5 Å². The summed E-state index contributed by atoms with van der Waals surface area (Å²) in [6, 6.07) is 4.11. The molecule has 2 rings (SSSR count). The number of fused-ring (bicyclic) bond motifs is 1. The number of nitrogens with one attached hydrogen (secondary N) is 1. The van der Waals surface area contributed by atoms with Gasteiger partial charge in [-0.1, -0.05) is 0 Å². The van der Waals surface area contributed by atoms with Crippen molar-refractivity contribution in [2.45, 2.75) is 19.8 Å². The van der Waals surface area contributed by atoms with Crippen LogP contribution in [0.5, 0.6) is 0 Å². The van der Waals surface area contributed by atoms with E-state index in [1.807, 2.05) is 0 Å². The van der Waals surface area contributed by atoms with Gasteiger partial charge >= 0.3 is 5.97 Å². The van der Waals surface area contributed by atoms with Gasteiger partial charge in [0.2, 0.25) is 0 Å². The van der Waals surface area contributed by atoms with E-state index in [1.165, 1.54) is 18.2 Å². The molecule has 0 radical (unpaired) electrons. The number of carboxylic acid groups (broad SMARTS) is 1. The highest BCUT2D eigenvalue weighted by Gasteiger charge is 2.11. The van der Waals surface area contributed by atoms with Gasteiger partial charge in [-0.3, -0.25) is 9.59 Å². The molecule has 0 saturated carbocycles. The molecule has 0 bridgehead atoms. The minimum Gasteiger partial charge on any atom is -0.481 e. The van der Waals surface area contributed by atoms with Crippen molar-refractivity contribution in [2.75, 3.05) is 0 Å². The average molecular weight is 249 g/mol. The molecule has 18 heavy (non-hydrogen) atoms. The largest absolute Gasteiger partial charge is 0.481 e. The van der Waals surface area contributed by atoms with E-state index >= 15 is 0 Å². The second-order valence-corrected chi connectivity index (χ2v) is 4.14. The minimum atomic E-state index is -0.965. The highest BCUT2D eigenvalue weighted by Crippen LogP contribution is 2.19. The van der Waals surface area contributed by atoms with Gasteiger partial charge in [-0.15, -0.1) is 0 Å². The SMILES string of the molecule is Cc1c(CCC(=O)O)c(=O)[nH]c2ccc(F)cc12. The number of aliphatic carboxylic acids is 1. The average Bonchev–Trinajstić information content (AvgIpc) is 2.30. The van der Waals surface area contributed by atoms with Gasteiger partial charge in [0.15, 0.2) is 0 Å². The number of H-pyrrole nitrogens is 1. The zero-order valence-electron chi connectivity index (χ0n) is 9.79. The van der Waals surface area contributed by atoms with Crippen LogP contribution in [0.4, 0.5) is 4.39 Å². The standard InChI is InChI=1S/C13H12FNO3/c1-7-9(3-5-12(16)17)13(18)15-11-4-2-8(14)6-10(7)11/h2,4,6H,3,5H2,1H3,(H,15,18)(H,16,17). The Kier molecular flexibility index (Phi) is 3.14. The van der Waals surface area contributed by atoms with Gasteiger partial charge in [-0.2, -0.15) is 0 Å². The third kappa shape index (κ3) is 2.25. The van der Waals surface area contributed by atoms with Crippen molar-refractivity contribution < 1.29 is 14.3 Å². The molecule has 94 valence electrons. The van der Waals surface area contributed by atoms with Crippen LogP contribution in [0.15, 0.2) is 23.0 Å². The Balaban J connectivity index is 2.59. The summed E-state index contributed by atoms with van der Waals surface area (Å²) in [4.78, 5) is 25.0. The maximum absolute atomic E-state index is 13.2. The Morgan fingerprint density at radius 2 is 2.17 bits per heavy atom. The van der Waals surface area contributed by atoms with Crippen LogP contribution in [0.3, 0.4) is 0 Å². The smallest absolute Gasteiger partial charge is 0.303 e. The minimum absolute atomic E-state index is 0.120. The van der Waals surface area contributed by atoms with Gasteiger partial charge in [0.05, 0.1) is 0 Å². The predicted octanol–water partition coefficient (Wildman–Crippen LogP) is 1.99. The number of carboxylic acids is 1. The first kappa shape index (κ1) is 12.3. The Hall–Kier alpha value is -2.17. The lowest BCUT2D eigenvalue weighted by Gasteiger charge is -2.07.